The molecule has 0 saturated heterocycles. The number of hydrogen-bond donors (Lipinski definition) is 3. The highest BCUT2D eigenvalue weighted by atomic mass is 16.3. The smallest absolute Gasteiger partial charge is 0.233 e. The van der Waals surface area contributed by atoms with Gasteiger partial charge in [-0.05, 0) is 72.7 Å². The predicted molar refractivity (Wildman–Crippen MR) is 137 cm³/mol. The molecule has 1 aliphatic heterocycles. The molecule has 0 saturated carbocycles. The minimum absolute atomic E-state index is 0.201. The van der Waals surface area contributed by atoms with Crippen molar-refractivity contribution in [2.75, 3.05) is 19.8 Å². The van der Waals surface area contributed by atoms with Crippen LogP contribution in [-0.4, -0.2) is 50.7 Å². The number of carbonyl (C=O) groups is 1. The molecule has 1 aliphatic rings. The first-order valence-corrected chi connectivity index (χ1v) is 12.1. The number of aryl methyl sites for hydroxylation is 1. The fourth-order valence-corrected chi connectivity index (χ4v) is 4.93. The number of para-hydroxylation sites is 2. The van der Waals surface area contributed by atoms with Gasteiger partial charge in [-0.25, -0.2) is 4.98 Å². The molecule has 4 aromatic rings. The van der Waals surface area contributed by atoms with Gasteiger partial charge in [-0.2, -0.15) is 0 Å². The predicted octanol–water partition coefficient (Wildman–Crippen LogP) is 4.00. The van der Waals surface area contributed by atoms with Crippen molar-refractivity contribution in [1.29, 1.82) is 0 Å². The summed E-state index contributed by atoms with van der Waals surface area (Å²) in [5.41, 5.74) is 8.02. The molecule has 0 unspecified atom stereocenters. The summed E-state index contributed by atoms with van der Waals surface area (Å²) in [5.74, 6) is 0.679. The molecular formula is C29H31N3O3. The van der Waals surface area contributed by atoms with E-state index in [1.165, 1.54) is 22.3 Å². The molecule has 6 heteroatoms. The molecule has 1 amide bonds. The van der Waals surface area contributed by atoms with E-state index in [-0.39, 0.29) is 19.1 Å². The number of nitrogens with zero attached hydrogens (tertiary/aromatic N) is 2. The molecule has 0 radical (unpaired) electrons. The number of rotatable bonds is 6. The number of nitrogens with one attached hydrogen (secondary N) is 1. The summed E-state index contributed by atoms with van der Waals surface area (Å²) in [6.07, 6.45) is 1.56. The largest absolute Gasteiger partial charge is 0.395 e. The first kappa shape index (κ1) is 23.3. The van der Waals surface area contributed by atoms with Crippen molar-refractivity contribution < 1.29 is 15.0 Å². The van der Waals surface area contributed by atoms with Crippen molar-refractivity contribution in [2.45, 2.75) is 33.2 Å². The van der Waals surface area contributed by atoms with Gasteiger partial charge in [0.1, 0.15) is 5.82 Å². The highest BCUT2D eigenvalue weighted by Crippen LogP contribution is 2.30. The Labute approximate surface area is 205 Å². The average Bonchev–Trinajstić information content (AvgIpc) is 3.33. The van der Waals surface area contributed by atoms with E-state index in [9.17, 15) is 15.0 Å². The summed E-state index contributed by atoms with van der Waals surface area (Å²) in [7, 11) is 0. The number of imidazole rings is 1. The second-order valence-corrected chi connectivity index (χ2v) is 9.84. The summed E-state index contributed by atoms with van der Waals surface area (Å²) < 4.78 is 0. The van der Waals surface area contributed by atoms with Crippen LogP contribution in [0, 0.1) is 12.3 Å². The van der Waals surface area contributed by atoms with E-state index in [4.69, 9.17) is 4.98 Å². The van der Waals surface area contributed by atoms with Crippen molar-refractivity contribution in [2.24, 2.45) is 5.41 Å². The summed E-state index contributed by atoms with van der Waals surface area (Å²) in [6, 6.07) is 20.9. The Bertz CT molecular complexity index is 1350. The van der Waals surface area contributed by atoms with Crippen molar-refractivity contribution >= 4 is 16.9 Å². The number of aliphatic hydroxyl groups is 2. The third-order valence-corrected chi connectivity index (χ3v) is 7.21. The van der Waals surface area contributed by atoms with Gasteiger partial charge in [-0.3, -0.25) is 4.79 Å². The zero-order valence-electron chi connectivity index (χ0n) is 20.2. The number of aliphatic hydroxyl groups excluding tert-OH is 2. The number of H-pyrrole nitrogens is 1. The molecule has 3 N–H and O–H groups in total. The maximum Gasteiger partial charge on any atom is 0.233 e. The Morgan fingerprint density at radius 3 is 2.66 bits per heavy atom. The fourth-order valence-electron chi connectivity index (χ4n) is 4.93. The van der Waals surface area contributed by atoms with Gasteiger partial charge in [0.25, 0.3) is 0 Å². The number of fused-ring (bicyclic) bond motifs is 2. The fraction of sp³-hybridized carbons (Fsp3) is 0.310. The number of aromatic nitrogens is 2. The van der Waals surface area contributed by atoms with Crippen LogP contribution in [0.3, 0.4) is 0 Å². The maximum absolute atomic E-state index is 12.9. The van der Waals surface area contributed by atoms with E-state index in [0.29, 0.717) is 13.1 Å². The summed E-state index contributed by atoms with van der Waals surface area (Å²) in [4.78, 5) is 22.9. The first-order chi connectivity index (χ1) is 16.9. The number of carbonyl (C=O) groups excluding carboxylic acids is 1. The molecule has 6 nitrogen and oxygen atoms in total. The van der Waals surface area contributed by atoms with E-state index in [2.05, 4.69) is 42.2 Å². The lowest BCUT2D eigenvalue weighted by atomic mass is 9.87. The molecule has 1 aromatic heterocycles. The molecule has 2 heterocycles. The lowest BCUT2D eigenvalue weighted by molar-refractivity contribution is -0.147. The van der Waals surface area contributed by atoms with E-state index in [1.54, 1.807) is 11.8 Å². The Morgan fingerprint density at radius 1 is 1.09 bits per heavy atom. The third kappa shape index (κ3) is 4.35. The highest BCUT2D eigenvalue weighted by Gasteiger charge is 2.37. The van der Waals surface area contributed by atoms with Gasteiger partial charge in [0.05, 0.1) is 29.7 Å². The zero-order valence-corrected chi connectivity index (χ0v) is 20.2. The van der Waals surface area contributed by atoms with Crippen LogP contribution in [0.5, 0.6) is 0 Å². The molecule has 5 rings (SSSR count). The second-order valence-electron chi connectivity index (χ2n) is 9.84. The van der Waals surface area contributed by atoms with Crippen LogP contribution in [0.4, 0.5) is 0 Å². The maximum atomic E-state index is 12.9. The Hall–Kier alpha value is -3.48. The van der Waals surface area contributed by atoms with Gasteiger partial charge < -0.3 is 20.1 Å². The minimum atomic E-state index is -1.15. The summed E-state index contributed by atoms with van der Waals surface area (Å²) >= 11 is 0. The van der Waals surface area contributed by atoms with Crippen molar-refractivity contribution in [3.63, 3.8) is 0 Å². The Kier molecular flexibility index (Phi) is 6.17. The van der Waals surface area contributed by atoms with Crippen LogP contribution in [0.15, 0.2) is 60.7 Å². The van der Waals surface area contributed by atoms with Gasteiger partial charge in [0.15, 0.2) is 0 Å². The molecule has 0 aliphatic carbocycles. The lowest BCUT2D eigenvalue weighted by Gasteiger charge is -2.36. The number of hydrogen-bond acceptors (Lipinski definition) is 4. The van der Waals surface area contributed by atoms with Crippen LogP contribution >= 0.6 is 0 Å². The van der Waals surface area contributed by atoms with E-state index in [1.807, 2.05) is 30.3 Å². The van der Waals surface area contributed by atoms with Crippen LogP contribution < -0.4 is 0 Å². The second kappa shape index (κ2) is 9.29. The van der Waals surface area contributed by atoms with Crippen LogP contribution in [0.1, 0.15) is 34.7 Å². The SMILES string of the molecule is Cc1ccc(Cc2cccc3c2CCN(C(=O)C(C)(CO)CO)C3)cc1-c1nc2ccccc2[nH]1. The third-order valence-electron chi connectivity index (χ3n) is 7.21. The van der Waals surface area contributed by atoms with Crippen LogP contribution in [0.2, 0.25) is 0 Å². The normalized spacial score (nSPS) is 13.8. The number of benzene rings is 3. The molecule has 3 aromatic carbocycles. The molecule has 35 heavy (non-hydrogen) atoms. The molecule has 0 bridgehead atoms. The lowest BCUT2D eigenvalue weighted by Crippen LogP contribution is -2.48. The monoisotopic (exact) mass is 469 g/mol. The number of amides is 1. The Balaban J connectivity index is 1.41. The molecular weight excluding hydrogens is 438 g/mol. The quantitative estimate of drug-likeness (QED) is 0.398. The van der Waals surface area contributed by atoms with E-state index in [0.717, 1.165) is 40.8 Å². The van der Waals surface area contributed by atoms with Crippen molar-refractivity contribution in [3.8, 4) is 11.4 Å². The molecule has 0 spiro atoms. The van der Waals surface area contributed by atoms with Gasteiger partial charge in [0, 0.05) is 18.7 Å². The van der Waals surface area contributed by atoms with Crippen molar-refractivity contribution in [1.82, 2.24) is 14.9 Å². The number of aromatic amines is 1. The minimum Gasteiger partial charge on any atom is -0.395 e. The van der Waals surface area contributed by atoms with Gasteiger partial charge in [0.2, 0.25) is 5.91 Å². The Morgan fingerprint density at radius 2 is 1.89 bits per heavy atom. The van der Waals surface area contributed by atoms with E-state index >= 15 is 0 Å². The standard InChI is InChI=1S/C29H31N3O3/c1-19-10-11-20(15-24(19)27-30-25-8-3-4-9-26(25)31-27)14-21-6-5-7-22-16-32(13-12-23(21)22)28(35)29(2,17-33)18-34/h3-11,15,33-34H,12-14,16-18H2,1-2H3,(H,30,31). The van der Waals surface area contributed by atoms with Gasteiger partial charge in [-0.15, -0.1) is 0 Å². The summed E-state index contributed by atoms with van der Waals surface area (Å²) in [6.45, 7) is 4.05. The highest BCUT2D eigenvalue weighted by molar-refractivity contribution is 5.83. The van der Waals surface area contributed by atoms with Crippen LogP contribution in [-0.2, 0) is 24.2 Å². The first-order valence-electron chi connectivity index (χ1n) is 12.1. The topological polar surface area (TPSA) is 89.5 Å². The van der Waals surface area contributed by atoms with Crippen molar-refractivity contribution in [3.05, 3.63) is 88.5 Å². The van der Waals surface area contributed by atoms with Gasteiger partial charge in [-0.1, -0.05) is 42.5 Å². The molecule has 0 atom stereocenters. The zero-order chi connectivity index (χ0) is 24.6. The summed E-state index contributed by atoms with van der Waals surface area (Å²) in [5, 5.41) is 19.3. The average molecular weight is 470 g/mol. The van der Waals surface area contributed by atoms with Crippen LogP contribution in [0.25, 0.3) is 22.4 Å². The van der Waals surface area contributed by atoms with E-state index < -0.39 is 5.41 Å². The van der Waals surface area contributed by atoms with Gasteiger partial charge >= 0.3 is 0 Å². The molecule has 0 fully saturated rings. The molecule has 180 valence electrons.